The molecule has 1 rings (SSSR count). The molecule has 1 fully saturated rings. The van der Waals surface area contributed by atoms with Gasteiger partial charge in [-0.3, -0.25) is 14.5 Å². The summed E-state index contributed by atoms with van der Waals surface area (Å²) in [5.74, 6) is -1.94. The van der Waals surface area contributed by atoms with Crippen molar-refractivity contribution >= 4 is 17.8 Å². The van der Waals surface area contributed by atoms with E-state index in [1.807, 2.05) is 0 Å². The van der Waals surface area contributed by atoms with E-state index in [-0.39, 0.29) is 19.3 Å². The number of carboxylic acid groups (broad SMARTS) is 1. The second-order valence-electron chi connectivity index (χ2n) is 3.44. The number of nitrogens with two attached hydrogens (primary N) is 1. The monoisotopic (exact) mass is 214 g/mol. The average molecular weight is 214 g/mol. The molecule has 3 N–H and O–H groups in total. The van der Waals surface area contributed by atoms with Gasteiger partial charge < -0.3 is 10.8 Å². The number of amides is 2. The zero-order chi connectivity index (χ0) is 11.4. The molecular formula is C9H14N2O4. The van der Waals surface area contributed by atoms with Crippen molar-refractivity contribution in [2.75, 3.05) is 6.54 Å². The number of likely N-dealkylation sites (tertiary alicyclic amines) is 1. The van der Waals surface area contributed by atoms with Crippen LogP contribution < -0.4 is 5.73 Å². The van der Waals surface area contributed by atoms with Gasteiger partial charge in [0.1, 0.15) is 6.04 Å². The smallest absolute Gasteiger partial charge is 0.326 e. The molecule has 1 saturated heterocycles. The van der Waals surface area contributed by atoms with E-state index in [0.29, 0.717) is 13.0 Å². The molecule has 6 nitrogen and oxygen atoms in total. The molecule has 1 atom stereocenters. The number of hydrogen-bond donors (Lipinski definition) is 2. The summed E-state index contributed by atoms with van der Waals surface area (Å²) in [7, 11) is 0. The first-order chi connectivity index (χ1) is 7.07. The molecule has 0 aliphatic carbocycles. The Bertz CT molecular complexity index is 274. The number of aliphatic carboxylic acids is 1. The van der Waals surface area contributed by atoms with Gasteiger partial charge in [0.05, 0.1) is 0 Å². The number of carbonyl (C=O) groups excluding carboxylic acids is 2. The van der Waals surface area contributed by atoms with Gasteiger partial charge in [-0.25, -0.2) is 4.79 Å². The van der Waals surface area contributed by atoms with Crippen molar-refractivity contribution in [3.8, 4) is 0 Å². The molecule has 0 aromatic carbocycles. The van der Waals surface area contributed by atoms with Crippen LogP contribution >= 0.6 is 0 Å². The van der Waals surface area contributed by atoms with Crippen LogP contribution in [0.3, 0.4) is 0 Å². The topological polar surface area (TPSA) is 101 Å². The van der Waals surface area contributed by atoms with E-state index in [2.05, 4.69) is 0 Å². The van der Waals surface area contributed by atoms with Crippen molar-refractivity contribution in [3.05, 3.63) is 0 Å². The number of rotatable bonds is 5. The fourth-order valence-electron chi connectivity index (χ4n) is 1.62. The van der Waals surface area contributed by atoms with Crippen LogP contribution in [0.4, 0.5) is 0 Å². The summed E-state index contributed by atoms with van der Waals surface area (Å²) in [4.78, 5) is 34.4. The third-order valence-electron chi connectivity index (χ3n) is 2.37. The third kappa shape index (κ3) is 2.53. The number of nitrogens with zero attached hydrogens (tertiary/aromatic N) is 1. The summed E-state index contributed by atoms with van der Waals surface area (Å²) < 4.78 is 0. The van der Waals surface area contributed by atoms with Crippen LogP contribution in [0.2, 0.25) is 0 Å². The summed E-state index contributed by atoms with van der Waals surface area (Å²) in [5, 5.41) is 8.91. The van der Waals surface area contributed by atoms with Gasteiger partial charge in [-0.1, -0.05) is 0 Å². The van der Waals surface area contributed by atoms with E-state index < -0.39 is 23.8 Å². The first kappa shape index (κ1) is 11.6. The Morgan fingerprint density at radius 2 is 1.93 bits per heavy atom. The Morgan fingerprint density at radius 1 is 1.40 bits per heavy atom. The van der Waals surface area contributed by atoms with Crippen LogP contribution in [-0.4, -0.2) is 40.4 Å². The SMILES string of the molecule is NCCC[C@@H](C(=O)O)N1C(=O)CCC1=O. The van der Waals surface area contributed by atoms with Crippen LogP contribution in [0.5, 0.6) is 0 Å². The minimum atomic E-state index is -1.15. The Morgan fingerprint density at radius 3 is 2.33 bits per heavy atom. The minimum Gasteiger partial charge on any atom is -0.480 e. The fraction of sp³-hybridized carbons (Fsp3) is 0.667. The lowest BCUT2D eigenvalue weighted by Crippen LogP contribution is -2.44. The van der Waals surface area contributed by atoms with E-state index in [0.717, 1.165) is 4.90 Å². The summed E-state index contributed by atoms with van der Waals surface area (Å²) in [6.07, 6.45) is 0.938. The number of carboxylic acids is 1. The van der Waals surface area contributed by atoms with E-state index in [4.69, 9.17) is 10.8 Å². The van der Waals surface area contributed by atoms with Gasteiger partial charge in [0, 0.05) is 12.8 Å². The average Bonchev–Trinajstić information content (AvgIpc) is 2.49. The van der Waals surface area contributed by atoms with Crippen LogP contribution in [0.15, 0.2) is 0 Å². The Labute approximate surface area is 87.0 Å². The van der Waals surface area contributed by atoms with Gasteiger partial charge in [-0.05, 0) is 19.4 Å². The molecule has 2 amide bonds. The predicted molar refractivity (Wildman–Crippen MR) is 50.8 cm³/mol. The molecule has 0 unspecified atom stereocenters. The molecule has 1 heterocycles. The Kier molecular flexibility index (Phi) is 3.79. The van der Waals surface area contributed by atoms with Gasteiger partial charge >= 0.3 is 5.97 Å². The van der Waals surface area contributed by atoms with Crippen molar-refractivity contribution in [2.24, 2.45) is 5.73 Å². The van der Waals surface area contributed by atoms with Gasteiger partial charge in [-0.15, -0.1) is 0 Å². The Balaban J connectivity index is 2.74. The molecule has 0 aromatic rings. The maximum atomic E-state index is 11.3. The fourth-order valence-corrected chi connectivity index (χ4v) is 1.62. The molecule has 0 spiro atoms. The normalized spacial score (nSPS) is 18.3. The van der Waals surface area contributed by atoms with Gasteiger partial charge in [0.15, 0.2) is 0 Å². The highest BCUT2D eigenvalue weighted by atomic mass is 16.4. The second kappa shape index (κ2) is 4.88. The second-order valence-corrected chi connectivity index (χ2v) is 3.44. The lowest BCUT2D eigenvalue weighted by molar-refractivity contribution is -0.154. The van der Waals surface area contributed by atoms with E-state index >= 15 is 0 Å². The van der Waals surface area contributed by atoms with E-state index in [1.165, 1.54) is 0 Å². The highest BCUT2D eigenvalue weighted by Gasteiger charge is 2.38. The van der Waals surface area contributed by atoms with Gasteiger partial charge in [-0.2, -0.15) is 0 Å². The van der Waals surface area contributed by atoms with Crippen LogP contribution in [0.1, 0.15) is 25.7 Å². The lowest BCUT2D eigenvalue weighted by Gasteiger charge is -2.22. The van der Waals surface area contributed by atoms with Crippen molar-refractivity contribution in [1.82, 2.24) is 4.90 Å². The van der Waals surface area contributed by atoms with Gasteiger partial charge in [0.2, 0.25) is 11.8 Å². The molecule has 6 heteroatoms. The maximum Gasteiger partial charge on any atom is 0.326 e. The van der Waals surface area contributed by atoms with Crippen LogP contribution in [0.25, 0.3) is 0 Å². The quantitative estimate of drug-likeness (QED) is 0.591. The number of carbonyl (C=O) groups is 3. The molecular weight excluding hydrogens is 200 g/mol. The zero-order valence-corrected chi connectivity index (χ0v) is 8.31. The van der Waals surface area contributed by atoms with Crippen molar-refractivity contribution in [3.63, 3.8) is 0 Å². The molecule has 0 radical (unpaired) electrons. The van der Waals surface area contributed by atoms with Crippen LogP contribution in [0, 0.1) is 0 Å². The highest BCUT2D eigenvalue weighted by molar-refractivity contribution is 6.04. The molecule has 0 saturated carbocycles. The van der Waals surface area contributed by atoms with Crippen molar-refractivity contribution in [2.45, 2.75) is 31.7 Å². The summed E-state index contributed by atoms with van der Waals surface area (Å²) >= 11 is 0. The molecule has 84 valence electrons. The standard InChI is InChI=1S/C9H14N2O4/c10-5-1-2-6(9(14)15)11-7(12)3-4-8(11)13/h6H,1-5,10H2,(H,14,15)/t6-/m0/s1. The summed E-state index contributed by atoms with van der Waals surface area (Å²) in [6.45, 7) is 0.347. The molecule has 0 aromatic heterocycles. The zero-order valence-electron chi connectivity index (χ0n) is 8.31. The van der Waals surface area contributed by atoms with Crippen molar-refractivity contribution in [1.29, 1.82) is 0 Å². The molecule has 0 bridgehead atoms. The molecule has 15 heavy (non-hydrogen) atoms. The largest absolute Gasteiger partial charge is 0.480 e. The lowest BCUT2D eigenvalue weighted by atomic mass is 10.1. The first-order valence-electron chi connectivity index (χ1n) is 4.85. The number of hydrogen-bond acceptors (Lipinski definition) is 4. The Hall–Kier alpha value is -1.43. The first-order valence-corrected chi connectivity index (χ1v) is 4.85. The van der Waals surface area contributed by atoms with E-state index in [1.54, 1.807) is 0 Å². The molecule has 1 aliphatic heterocycles. The third-order valence-corrected chi connectivity index (χ3v) is 2.37. The summed E-state index contributed by atoms with van der Waals surface area (Å²) in [5.41, 5.74) is 5.26. The maximum absolute atomic E-state index is 11.3. The van der Waals surface area contributed by atoms with Crippen LogP contribution in [-0.2, 0) is 14.4 Å². The molecule has 1 aliphatic rings. The van der Waals surface area contributed by atoms with Crippen molar-refractivity contribution < 1.29 is 19.5 Å². The minimum absolute atomic E-state index is 0.116. The highest BCUT2D eigenvalue weighted by Crippen LogP contribution is 2.18. The van der Waals surface area contributed by atoms with E-state index in [9.17, 15) is 14.4 Å². The predicted octanol–water partition coefficient (Wildman–Crippen LogP) is -0.673. The van der Waals surface area contributed by atoms with Gasteiger partial charge in [0.25, 0.3) is 0 Å². The number of imide groups is 1. The summed E-state index contributed by atoms with van der Waals surface area (Å²) in [6, 6.07) is -1.05.